The molecular weight excluding hydrogens is 301 g/mol. The maximum absolute atomic E-state index is 13.3. The molecule has 0 unspecified atom stereocenters. The first kappa shape index (κ1) is 14.7. The second kappa shape index (κ2) is 5.35. The third-order valence-corrected chi connectivity index (χ3v) is 2.38. The van der Waals surface area contributed by atoms with Crippen molar-refractivity contribution in [2.45, 2.75) is 0 Å². The molecule has 0 aliphatic rings. The Kier molecular flexibility index (Phi) is 3.74. The van der Waals surface area contributed by atoms with E-state index in [0.29, 0.717) is 0 Å². The van der Waals surface area contributed by atoms with Gasteiger partial charge in [0, 0.05) is 12.3 Å². The van der Waals surface area contributed by atoms with Crippen molar-refractivity contribution < 1.29 is 31.6 Å². The Morgan fingerprint density at radius 3 is 1.95 bits per heavy atom. The van der Waals surface area contributed by atoms with Crippen molar-refractivity contribution in [1.29, 1.82) is 0 Å². The number of hydrogen-bond donors (Lipinski definition) is 0. The predicted molar refractivity (Wildman–Crippen MR) is 57.8 cm³/mol. The van der Waals surface area contributed by atoms with Gasteiger partial charge in [-0.05, 0) is 6.07 Å². The number of hydrogen-bond acceptors (Lipinski definition) is 3. The highest BCUT2D eigenvalue weighted by Gasteiger charge is 2.31. The average Bonchev–Trinajstić information content (AvgIpc) is 2.46. The summed E-state index contributed by atoms with van der Waals surface area (Å²) in [5.41, 5.74) is -2.67. The van der Waals surface area contributed by atoms with Gasteiger partial charge in [-0.25, -0.2) is 26.7 Å². The van der Waals surface area contributed by atoms with Crippen molar-refractivity contribution in [3.8, 4) is 0 Å². The van der Waals surface area contributed by atoms with Gasteiger partial charge >= 0.3 is 5.97 Å². The van der Waals surface area contributed by atoms with E-state index in [-0.39, 0.29) is 4.73 Å². The van der Waals surface area contributed by atoms with Crippen molar-refractivity contribution >= 4 is 5.97 Å². The molecule has 2 rings (SSSR count). The Morgan fingerprint density at radius 1 is 0.905 bits per heavy atom. The number of aromatic nitrogens is 1. The van der Waals surface area contributed by atoms with Gasteiger partial charge in [-0.3, -0.25) is 4.79 Å². The molecule has 0 saturated carbocycles. The zero-order chi connectivity index (χ0) is 15.7. The van der Waals surface area contributed by atoms with Crippen LogP contribution in [0.25, 0.3) is 0 Å². The minimum Gasteiger partial charge on any atom is -0.328 e. The van der Waals surface area contributed by atoms with Crippen molar-refractivity contribution in [2.75, 3.05) is 0 Å². The van der Waals surface area contributed by atoms with E-state index in [0.717, 1.165) is 12.3 Å². The van der Waals surface area contributed by atoms with E-state index in [9.17, 15) is 31.5 Å². The van der Waals surface area contributed by atoms with Gasteiger partial charge in [0.25, 0.3) is 5.56 Å². The molecule has 0 amide bonds. The van der Waals surface area contributed by atoms with Crippen LogP contribution in [0.3, 0.4) is 0 Å². The van der Waals surface area contributed by atoms with Gasteiger partial charge in [-0.1, -0.05) is 6.07 Å². The Morgan fingerprint density at radius 2 is 1.43 bits per heavy atom. The summed E-state index contributed by atoms with van der Waals surface area (Å²) >= 11 is 0. The summed E-state index contributed by atoms with van der Waals surface area (Å²) in [5.74, 6) is -13.6. The van der Waals surface area contributed by atoms with E-state index in [1.54, 1.807) is 0 Å². The molecule has 2 aromatic rings. The molecule has 0 aliphatic carbocycles. The molecule has 0 aliphatic heterocycles. The van der Waals surface area contributed by atoms with E-state index in [2.05, 4.69) is 4.84 Å². The average molecular weight is 305 g/mol. The summed E-state index contributed by atoms with van der Waals surface area (Å²) in [7, 11) is 0. The lowest BCUT2D eigenvalue weighted by molar-refractivity contribution is 0.0428. The number of carbonyl (C=O) groups excluding carboxylic acids is 1. The third kappa shape index (κ3) is 2.49. The van der Waals surface area contributed by atoms with E-state index >= 15 is 0 Å². The van der Waals surface area contributed by atoms with Crippen LogP contribution in [0.2, 0.25) is 0 Å². The quantitative estimate of drug-likeness (QED) is 0.483. The Bertz CT molecular complexity index is 758. The molecule has 110 valence electrons. The van der Waals surface area contributed by atoms with Crippen LogP contribution in [0.5, 0.6) is 0 Å². The molecule has 0 spiro atoms. The molecule has 0 atom stereocenters. The fourth-order valence-corrected chi connectivity index (χ4v) is 1.41. The second-order valence-electron chi connectivity index (χ2n) is 3.69. The molecule has 0 N–H and O–H groups in total. The SMILES string of the molecule is O=C(On1ccccc1=O)c1c(F)c(F)c(F)c(F)c1F. The van der Waals surface area contributed by atoms with Crippen LogP contribution < -0.4 is 10.4 Å². The first-order chi connectivity index (χ1) is 9.84. The zero-order valence-electron chi connectivity index (χ0n) is 9.87. The van der Waals surface area contributed by atoms with Crippen molar-refractivity contribution in [3.63, 3.8) is 0 Å². The first-order valence-corrected chi connectivity index (χ1v) is 5.26. The summed E-state index contributed by atoms with van der Waals surface area (Å²) in [5, 5.41) is 0. The number of rotatable bonds is 2. The molecule has 0 fully saturated rings. The molecule has 21 heavy (non-hydrogen) atoms. The Balaban J connectivity index is 2.50. The molecule has 0 bridgehead atoms. The topological polar surface area (TPSA) is 48.3 Å². The minimum atomic E-state index is -2.40. The lowest BCUT2D eigenvalue weighted by atomic mass is 10.1. The molecule has 1 aromatic heterocycles. The summed E-state index contributed by atoms with van der Waals surface area (Å²) in [4.78, 5) is 27.0. The second-order valence-corrected chi connectivity index (χ2v) is 3.69. The van der Waals surface area contributed by atoms with Gasteiger partial charge in [-0.15, -0.1) is 4.73 Å². The smallest absolute Gasteiger partial charge is 0.328 e. The summed E-state index contributed by atoms with van der Waals surface area (Å²) in [6, 6.07) is 3.48. The Hall–Kier alpha value is -2.71. The minimum absolute atomic E-state index is 0.278. The van der Waals surface area contributed by atoms with Gasteiger partial charge < -0.3 is 4.84 Å². The normalized spacial score (nSPS) is 10.5. The zero-order valence-corrected chi connectivity index (χ0v) is 9.87. The molecule has 4 nitrogen and oxygen atoms in total. The number of nitrogens with zero attached hydrogens (tertiary/aromatic N) is 1. The van der Waals surface area contributed by atoms with Gasteiger partial charge in [0.15, 0.2) is 23.3 Å². The van der Waals surface area contributed by atoms with Crippen LogP contribution in [-0.2, 0) is 0 Å². The van der Waals surface area contributed by atoms with Crippen LogP contribution in [0, 0.1) is 29.1 Å². The van der Waals surface area contributed by atoms with Crippen molar-refractivity contribution in [2.24, 2.45) is 0 Å². The highest BCUT2D eigenvalue weighted by molar-refractivity contribution is 5.90. The number of benzene rings is 1. The standard InChI is InChI=1S/C12H4F5NO3/c13-7-6(8(14)10(16)11(17)9(7)15)12(20)21-18-4-2-1-3-5(18)19/h1-4H. The van der Waals surface area contributed by atoms with E-state index in [1.165, 1.54) is 12.1 Å². The fraction of sp³-hybridized carbons (Fsp3) is 0. The maximum atomic E-state index is 13.3. The maximum Gasteiger partial charge on any atom is 0.369 e. The molecule has 0 radical (unpaired) electrons. The summed E-state index contributed by atoms with van der Waals surface area (Å²) in [6.45, 7) is 0. The van der Waals surface area contributed by atoms with Crippen LogP contribution in [0.15, 0.2) is 29.2 Å². The molecule has 1 aromatic carbocycles. The molecule has 0 saturated heterocycles. The van der Waals surface area contributed by atoms with Crippen LogP contribution >= 0.6 is 0 Å². The largest absolute Gasteiger partial charge is 0.369 e. The lowest BCUT2D eigenvalue weighted by Gasteiger charge is -2.08. The predicted octanol–water partition coefficient (Wildman–Crippen LogP) is 1.81. The van der Waals surface area contributed by atoms with Gasteiger partial charge in [0.1, 0.15) is 5.56 Å². The van der Waals surface area contributed by atoms with Gasteiger partial charge in [-0.2, -0.15) is 0 Å². The van der Waals surface area contributed by atoms with Crippen molar-refractivity contribution in [1.82, 2.24) is 4.73 Å². The number of halogens is 5. The van der Waals surface area contributed by atoms with Crippen LogP contribution in [0.4, 0.5) is 22.0 Å². The van der Waals surface area contributed by atoms with Crippen LogP contribution in [0.1, 0.15) is 10.4 Å². The Labute approximate surface area is 113 Å². The third-order valence-electron chi connectivity index (χ3n) is 2.38. The van der Waals surface area contributed by atoms with E-state index in [4.69, 9.17) is 0 Å². The highest BCUT2D eigenvalue weighted by atomic mass is 19.2. The van der Waals surface area contributed by atoms with E-state index in [1.807, 2.05) is 0 Å². The fourth-order valence-electron chi connectivity index (χ4n) is 1.41. The van der Waals surface area contributed by atoms with Crippen molar-refractivity contribution in [3.05, 3.63) is 69.4 Å². The van der Waals surface area contributed by atoms with Gasteiger partial charge in [0.2, 0.25) is 5.82 Å². The summed E-state index contributed by atoms with van der Waals surface area (Å²) < 4.78 is 65.7. The number of pyridine rings is 1. The molecule has 9 heteroatoms. The summed E-state index contributed by atoms with van der Waals surface area (Å²) in [6.07, 6.45) is 0.923. The number of carbonyl (C=O) groups is 1. The first-order valence-electron chi connectivity index (χ1n) is 5.26. The monoisotopic (exact) mass is 305 g/mol. The molecular formula is C12H4F5NO3. The molecule has 1 heterocycles. The van der Waals surface area contributed by atoms with E-state index < -0.39 is 46.2 Å². The lowest BCUT2D eigenvalue weighted by Crippen LogP contribution is -2.31. The van der Waals surface area contributed by atoms with Gasteiger partial charge in [0.05, 0.1) is 0 Å². The van der Waals surface area contributed by atoms with Crippen LogP contribution in [-0.4, -0.2) is 10.7 Å². The highest BCUT2D eigenvalue weighted by Crippen LogP contribution is 2.23.